The SMILES string of the molecule is C/C1=C(/c2ccc(-c3cccc4cccc(-c5ccc(-c6nc7ccccc7c7ccccc67)cc5)c34)cc2)NC(c2ccccc2)/N=C(/c2ccccc2)CC1. The first-order valence-electron chi connectivity index (χ1n) is 19.8. The second-order valence-electron chi connectivity index (χ2n) is 14.9. The first-order chi connectivity index (χ1) is 28.2. The van der Waals surface area contributed by atoms with Gasteiger partial charge in [-0.2, -0.15) is 0 Å². The summed E-state index contributed by atoms with van der Waals surface area (Å²) in [6.07, 6.45) is 1.62. The molecule has 57 heavy (non-hydrogen) atoms. The molecule has 0 radical (unpaired) electrons. The minimum absolute atomic E-state index is 0.200. The van der Waals surface area contributed by atoms with Crippen LogP contribution in [0.3, 0.4) is 0 Å². The first kappa shape index (κ1) is 34.4. The van der Waals surface area contributed by atoms with Crippen LogP contribution in [0.2, 0.25) is 0 Å². The van der Waals surface area contributed by atoms with Crippen molar-refractivity contribution < 1.29 is 0 Å². The predicted octanol–water partition coefficient (Wildman–Crippen LogP) is 13.8. The summed E-state index contributed by atoms with van der Waals surface area (Å²) in [6, 6.07) is 69.5. The molecule has 1 atom stereocenters. The monoisotopic (exact) mass is 731 g/mol. The third kappa shape index (κ3) is 6.58. The Labute approximate surface area is 333 Å². The molecule has 3 heteroatoms. The summed E-state index contributed by atoms with van der Waals surface area (Å²) in [5, 5.41) is 9.93. The van der Waals surface area contributed by atoms with Crippen LogP contribution in [0.4, 0.5) is 0 Å². The Morgan fingerprint density at radius 3 is 1.70 bits per heavy atom. The van der Waals surface area contributed by atoms with Gasteiger partial charge in [-0.15, -0.1) is 0 Å². The summed E-state index contributed by atoms with van der Waals surface area (Å²) in [6.45, 7) is 2.26. The predicted molar refractivity (Wildman–Crippen MR) is 240 cm³/mol. The number of rotatable bonds is 6. The smallest absolute Gasteiger partial charge is 0.145 e. The molecule has 0 amide bonds. The molecule has 0 fully saturated rings. The van der Waals surface area contributed by atoms with Crippen LogP contribution in [0.25, 0.3) is 71.7 Å². The van der Waals surface area contributed by atoms with Gasteiger partial charge in [-0.25, -0.2) is 4.98 Å². The molecular formula is C54H41N3. The Morgan fingerprint density at radius 2 is 1.02 bits per heavy atom. The van der Waals surface area contributed by atoms with E-state index in [9.17, 15) is 0 Å². The quantitative estimate of drug-likeness (QED) is 0.173. The molecule has 1 aliphatic heterocycles. The first-order valence-corrected chi connectivity index (χ1v) is 19.8. The minimum Gasteiger partial charge on any atom is -0.360 e. The number of hydrogen-bond donors (Lipinski definition) is 1. The van der Waals surface area contributed by atoms with Crippen molar-refractivity contribution in [1.82, 2.24) is 10.3 Å². The highest BCUT2D eigenvalue weighted by molar-refractivity contribution is 6.11. The van der Waals surface area contributed by atoms with Crippen molar-refractivity contribution in [2.45, 2.75) is 25.9 Å². The van der Waals surface area contributed by atoms with Crippen LogP contribution in [0.15, 0.2) is 205 Å². The second-order valence-corrected chi connectivity index (χ2v) is 14.9. The van der Waals surface area contributed by atoms with E-state index in [0.29, 0.717) is 0 Å². The average Bonchev–Trinajstić information content (AvgIpc) is 3.28. The molecule has 272 valence electrons. The summed E-state index contributed by atoms with van der Waals surface area (Å²) >= 11 is 0. The topological polar surface area (TPSA) is 37.3 Å². The van der Waals surface area contributed by atoms with Gasteiger partial charge in [0.1, 0.15) is 6.17 Å². The zero-order valence-corrected chi connectivity index (χ0v) is 31.9. The summed E-state index contributed by atoms with van der Waals surface area (Å²) in [7, 11) is 0. The number of para-hydroxylation sites is 1. The molecule has 1 unspecified atom stereocenters. The Hall–Kier alpha value is -7.10. The lowest BCUT2D eigenvalue weighted by Gasteiger charge is -2.26. The summed E-state index contributed by atoms with van der Waals surface area (Å²) < 4.78 is 0. The number of allylic oxidation sites excluding steroid dienone is 1. The van der Waals surface area contributed by atoms with Crippen LogP contribution >= 0.6 is 0 Å². The molecule has 0 spiro atoms. The maximum absolute atomic E-state index is 5.34. The number of aliphatic imine (C=N–C) groups is 1. The maximum Gasteiger partial charge on any atom is 0.145 e. The van der Waals surface area contributed by atoms with E-state index in [4.69, 9.17) is 9.98 Å². The zero-order valence-electron chi connectivity index (χ0n) is 31.9. The van der Waals surface area contributed by atoms with Gasteiger partial charge in [0.15, 0.2) is 0 Å². The summed E-state index contributed by atoms with van der Waals surface area (Å²) in [4.78, 5) is 10.5. The molecule has 1 aliphatic rings. The van der Waals surface area contributed by atoms with Crippen molar-refractivity contribution >= 4 is 43.9 Å². The number of nitrogens with one attached hydrogen (secondary N) is 1. The fourth-order valence-electron chi connectivity index (χ4n) is 8.49. The summed E-state index contributed by atoms with van der Waals surface area (Å²) in [5.41, 5.74) is 15.0. The molecule has 1 aromatic heterocycles. The molecule has 10 rings (SSSR count). The van der Waals surface area contributed by atoms with Gasteiger partial charge in [-0.3, -0.25) is 4.99 Å². The van der Waals surface area contributed by atoms with Gasteiger partial charge in [-0.05, 0) is 86.5 Å². The van der Waals surface area contributed by atoms with E-state index < -0.39 is 0 Å². The lowest BCUT2D eigenvalue weighted by atomic mass is 9.90. The Kier molecular flexibility index (Phi) is 8.97. The molecule has 0 saturated heterocycles. The van der Waals surface area contributed by atoms with Crippen LogP contribution in [0, 0.1) is 0 Å². The van der Waals surface area contributed by atoms with Crippen molar-refractivity contribution in [3.8, 4) is 33.5 Å². The highest BCUT2D eigenvalue weighted by Gasteiger charge is 2.20. The fraction of sp³-hybridized carbons (Fsp3) is 0.0741. The highest BCUT2D eigenvalue weighted by Crippen LogP contribution is 2.39. The van der Waals surface area contributed by atoms with Crippen LogP contribution in [-0.4, -0.2) is 10.7 Å². The number of pyridine rings is 1. The van der Waals surface area contributed by atoms with Crippen LogP contribution in [-0.2, 0) is 0 Å². The van der Waals surface area contributed by atoms with Crippen molar-refractivity contribution in [3.05, 3.63) is 216 Å². The Balaban J connectivity index is 0.997. The number of benzene rings is 8. The fourth-order valence-corrected chi connectivity index (χ4v) is 8.49. The normalized spacial score (nSPS) is 16.8. The minimum atomic E-state index is -0.200. The van der Waals surface area contributed by atoms with Gasteiger partial charge in [0.25, 0.3) is 0 Å². The van der Waals surface area contributed by atoms with Gasteiger partial charge in [0.2, 0.25) is 0 Å². The van der Waals surface area contributed by atoms with Gasteiger partial charge in [-0.1, -0.05) is 188 Å². The van der Waals surface area contributed by atoms with E-state index >= 15 is 0 Å². The van der Waals surface area contributed by atoms with Crippen molar-refractivity contribution in [1.29, 1.82) is 0 Å². The number of fused-ring (bicyclic) bond motifs is 4. The summed E-state index contributed by atoms with van der Waals surface area (Å²) in [5.74, 6) is 0. The molecule has 3 nitrogen and oxygen atoms in total. The van der Waals surface area contributed by atoms with E-state index in [1.54, 1.807) is 0 Å². The van der Waals surface area contributed by atoms with Gasteiger partial charge < -0.3 is 5.32 Å². The average molecular weight is 732 g/mol. The Bertz CT molecular complexity index is 2960. The molecule has 2 heterocycles. The number of nitrogens with zero attached hydrogens (tertiary/aromatic N) is 2. The van der Waals surface area contributed by atoms with Gasteiger partial charge >= 0.3 is 0 Å². The molecule has 0 saturated carbocycles. The third-order valence-electron chi connectivity index (χ3n) is 11.4. The molecule has 0 aliphatic carbocycles. The maximum atomic E-state index is 5.34. The molecule has 9 aromatic rings. The van der Waals surface area contributed by atoms with E-state index in [0.717, 1.165) is 46.6 Å². The lowest BCUT2D eigenvalue weighted by molar-refractivity contribution is 0.656. The van der Waals surface area contributed by atoms with E-state index in [2.05, 4.69) is 206 Å². The molecule has 8 aromatic carbocycles. The number of hydrogen-bond acceptors (Lipinski definition) is 3. The third-order valence-corrected chi connectivity index (χ3v) is 11.4. The number of aromatic nitrogens is 1. The van der Waals surface area contributed by atoms with E-state index in [1.807, 2.05) is 0 Å². The largest absolute Gasteiger partial charge is 0.360 e. The van der Waals surface area contributed by atoms with Crippen LogP contribution in [0.5, 0.6) is 0 Å². The van der Waals surface area contributed by atoms with Crippen molar-refractivity contribution in [3.63, 3.8) is 0 Å². The van der Waals surface area contributed by atoms with E-state index in [1.165, 1.54) is 65.9 Å². The van der Waals surface area contributed by atoms with Gasteiger partial charge in [0, 0.05) is 27.7 Å². The molecule has 1 N–H and O–H groups in total. The highest BCUT2D eigenvalue weighted by atomic mass is 15.1. The standard InChI is InChI=1S/C54H41N3/c1-36-26-35-49(39-14-4-2-5-15-39)56-54(43-16-6-3-7-17-43)57-52(36)41-31-27-37(28-32-41)44-23-12-18-40-19-13-24-45(51(40)44)38-29-33-42(34-30-38)53-48-22-9-8-20-46(48)47-21-10-11-25-50(47)55-53/h2-25,27-34,54,57H,26,35H2,1H3/b52-36+,56-49+. The van der Waals surface area contributed by atoms with Crippen molar-refractivity contribution in [2.75, 3.05) is 0 Å². The molecular weight excluding hydrogens is 691 g/mol. The van der Waals surface area contributed by atoms with E-state index in [-0.39, 0.29) is 6.17 Å². The molecule has 0 bridgehead atoms. The van der Waals surface area contributed by atoms with Gasteiger partial charge in [0.05, 0.1) is 11.2 Å². The van der Waals surface area contributed by atoms with Crippen LogP contribution in [0.1, 0.15) is 42.6 Å². The van der Waals surface area contributed by atoms with Crippen LogP contribution < -0.4 is 5.32 Å². The second kappa shape index (κ2) is 14.9. The Morgan fingerprint density at radius 1 is 0.456 bits per heavy atom. The lowest BCUT2D eigenvalue weighted by Crippen LogP contribution is -2.23. The van der Waals surface area contributed by atoms with Crippen molar-refractivity contribution in [2.24, 2.45) is 4.99 Å². The zero-order chi connectivity index (χ0) is 38.1.